The molecule has 0 saturated carbocycles. The molecular formula is C17H28O8. The number of carbonyl (C=O) groups is 4. The Kier molecular flexibility index (Phi) is 9.16. The van der Waals surface area contributed by atoms with E-state index in [1.165, 1.54) is 13.8 Å². The summed E-state index contributed by atoms with van der Waals surface area (Å²) in [4.78, 5) is 49.6. The largest absolute Gasteiger partial charge is 0.465 e. The van der Waals surface area contributed by atoms with Crippen LogP contribution in [0.25, 0.3) is 0 Å². The molecule has 0 radical (unpaired) electrons. The van der Waals surface area contributed by atoms with E-state index in [1.54, 1.807) is 27.7 Å². The Morgan fingerprint density at radius 1 is 0.560 bits per heavy atom. The van der Waals surface area contributed by atoms with Gasteiger partial charge in [0.25, 0.3) is 0 Å². The summed E-state index contributed by atoms with van der Waals surface area (Å²) in [5.74, 6) is -3.52. The summed E-state index contributed by atoms with van der Waals surface area (Å²) in [5, 5.41) is 0. The molecule has 144 valence electrons. The second-order valence-electron chi connectivity index (χ2n) is 5.72. The first kappa shape index (κ1) is 22.9. The van der Waals surface area contributed by atoms with Crippen molar-refractivity contribution in [3.63, 3.8) is 0 Å². The molecule has 8 heteroatoms. The number of hydrogen-bond acceptors (Lipinski definition) is 8. The normalized spacial score (nSPS) is 11.4. The third-order valence-electron chi connectivity index (χ3n) is 3.61. The maximum absolute atomic E-state index is 12.4. The van der Waals surface area contributed by atoms with Gasteiger partial charge in [-0.2, -0.15) is 0 Å². The van der Waals surface area contributed by atoms with Crippen LogP contribution in [0.15, 0.2) is 0 Å². The van der Waals surface area contributed by atoms with Gasteiger partial charge in [-0.15, -0.1) is 0 Å². The lowest BCUT2D eigenvalue weighted by atomic mass is 9.72. The molecule has 0 rings (SSSR count). The maximum Gasteiger partial charge on any atom is 0.323 e. The van der Waals surface area contributed by atoms with Crippen molar-refractivity contribution in [3.05, 3.63) is 0 Å². The lowest BCUT2D eigenvalue weighted by Crippen LogP contribution is -2.49. The Bertz CT molecular complexity index is 417. The number of rotatable bonds is 10. The monoisotopic (exact) mass is 360 g/mol. The van der Waals surface area contributed by atoms with Crippen LogP contribution in [0.5, 0.6) is 0 Å². The van der Waals surface area contributed by atoms with Gasteiger partial charge in [-0.25, -0.2) is 0 Å². The van der Waals surface area contributed by atoms with Crippen molar-refractivity contribution < 1.29 is 38.1 Å². The Balaban J connectivity index is 5.96. The molecule has 25 heavy (non-hydrogen) atoms. The molecule has 0 unspecified atom stereocenters. The molecule has 8 nitrogen and oxygen atoms in total. The molecule has 0 spiro atoms. The van der Waals surface area contributed by atoms with E-state index in [4.69, 9.17) is 18.9 Å². The van der Waals surface area contributed by atoms with Gasteiger partial charge < -0.3 is 18.9 Å². The van der Waals surface area contributed by atoms with Crippen molar-refractivity contribution >= 4 is 23.9 Å². The predicted molar refractivity (Wildman–Crippen MR) is 87.4 cm³/mol. The van der Waals surface area contributed by atoms with Gasteiger partial charge in [0.1, 0.15) is 0 Å². The van der Waals surface area contributed by atoms with Gasteiger partial charge in [0.15, 0.2) is 10.8 Å². The van der Waals surface area contributed by atoms with Crippen LogP contribution >= 0.6 is 0 Å². The topological polar surface area (TPSA) is 105 Å². The van der Waals surface area contributed by atoms with E-state index in [2.05, 4.69) is 0 Å². The summed E-state index contributed by atoms with van der Waals surface area (Å²) >= 11 is 0. The molecule has 0 aromatic rings. The molecular weight excluding hydrogens is 332 g/mol. The van der Waals surface area contributed by atoms with E-state index in [-0.39, 0.29) is 26.4 Å². The van der Waals surface area contributed by atoms with Crippen molar-refractivity contribution in [2.24, 2.45) is 10.8 Å². The van der Waals surface area contributed by atoms with Crippen LogP contribution in [0.2, 0.25) is 0 Å². The molecule has 0 bridgehead atoms. The standard InChI is InChI=1S/C17H28O8/c1-7-22-12(18)16(5,13(19)23-8-2)11-17(6,14(20)24-9-3)15(21)25-10-4/h7-11H2,1-6H3. The Hall–Kier alpha value is -2.12. The zero-order valence-corrected chi connectivity index (χ0v) is 15.8. The molecule has 0 aliphatic heterocycles. The summed E-state index contributed by atoms with van der Waals surface area (Å²) in [7, 11) is 0. The fourth-order valence-electron chi connectivity index (χ4n) is 2.32. The Labute approximate surface area is 148 Å². The molecule has 0 fully saturated rings. The van der Waals surface area contributed by atoms with Crippen LogP contribution in [0.3, 0.4) is 0 Å². The van der Waals surface area contributed by atoms with E-state index in [0.717, 1.165) is 0 Å². The van der Waals surface area contributed by atoms with E-state index in [9.17, 15) is 19.2 Å². The van der Waals surface area contributed by atoms with Crippen molar-refractivity contribution in [3.8, 4) is 0 Å². The Morgan fingerprint density at radius 2 is 0.760 bits per heavy atom. The third kappa shape index (κ3) is 5.44. The summed E-state index contributed by atoms with van der Waals surface area (Å²) in [6.45, 7) is 9.01. The first-order chi connectivity index (χ1) is 11.6. The molecule has 0 amide bonds. The molecule has 0 saturated heterocycles. The van der Waals surface area contributed by atoms with E-state index in [1.807, 2.05) is 0 Å². The molecule has 0 N–H and O–H groups in total. The maximum atomic E-state index is 12.4. The van der Waals surface area contributed by atoms with Crippen LogP contribution in [-0.4, -0.2) is 50.3 Å². The van der Waals surface area contributed by atoms with Crippen molar-refractivity contribution in [1.82, 2.24) is 0 Å². The van der Waals surface area contributed by atoms with Crippen LogP contribution < -0.4 is 0 Å². The SMILES string of the molecule is CCOC(=O)C(C)(CC(C)(C(=O)OCC)C(=O)OCC)C(=O)OCC. The van der Waals surface area contributed by atoms with Crippen LogP contribution in [0, 0.1) is 10.8 Å². The lowest BCUT2D eigenvalue weighted by Gasteiger charge is -2.33. The molecule has 0 aliphatic rings. The number of hydrogen-bond donors (Lipinski definition) is 0. The van der Waals surface area contributed by atoms with Crippen LogP contribution in [-0.2, 0) is 38.1 Å². The van der Waals surface area contributed by atoms with Crippen LogP contribution in [0.1, 0.15) is 48.0 Å². The van der Waals surface area contributed by atoms with Gasteiger partial charge in [0, 0.05) is 6.42 Å². The van der Waals surface area contributed by atoms with Gasteiger partial charge in [0.05, 0.1) is 26.4 Å². The van der Waals surface area contributed by atoms with Crippen molar-refractivity contribution in [1.29, 1.82) is 0 Å². The number of ether oxygens (including phenoxy) is 4. The zero-order chi connectivity index (χ0) is 19.7. The summed E-state index contributed by atoms with van der Waals surface area (Å²) in [5.41, 5.74) is -3.72. The van der Waals surface area contributed by atoms with Gasteiger partial charge in [-0.3, -0.25) is 19.2 Å². The predicted octanol–water partition coefficient (Wildman–Crippen LogP) is 1.64. The first-order valence-electron chi connectivity index (χ1n) is 8.32. The highest BCUT2D eigenvalue weighted by Crippen LogP contribution is 2.38. The highest BCUT2D eigenvalue weighted by atomic mass is 16.6. The minimum Gasteiger partial charge on any atom is -0.465 e. The average Bonchev–Trinajstić information content (AvgIpc) is 2.55. The minimum atomic E-state index is -1.86. The smallest absolute Gasteiger partial charge is 0.323 e. The Morgan fingerprint density at radius 3 is 0.920 bits per heavy atom. The summed E-state index contributed by atoms with van der Waals surface area (Å²) in [6.07, 6.45) is -0.491. The fourth-order valence-corrected chi connectivity index (χ4v) is 2.32. The molecule has 0 aliphatic carbocycles. The number of carbonyl (C=O) groups excluding carboxylic acids is 4. The highest BCUT2D eigenvalue weighted by molar-refractivity contribution is 6.04. The lowest BCUT2D eigenvalue weighted by molar-refractivity contribution is -0.181. The van der Waals surface area contributed by atoms with Crippen molar-refractivity contribution in [2.75, 3.05) is 26.4 Å². The zero-order valence-electron chi connectivity index (χ0n) is 15.8. The average molecular weight is 360 g/mol. The van der Waals surface area contributed by atoms with Crippen molar-refractivity contribution in [2.45, 2.75) is 48.0 Å². The second-order valence-corrected chi connectivity index (χ2v) is 5.72. The fraction of sp³-hybridized carbons (Fsp3) is 0.765. The molecule has 0 aromatic heterocycles. The molecule has 0 heterocycles. The van der Waals surface area contributed by atoms with E-state index < -0.39 is 41.1 Å². The number of esters is 4. The first-order valence-corrected chi connectivity index (χ1v) is 8.32. The van der Waals surface area contributed by atoms with Gasteiger partial charge in [-0.1, -0.05) is 0 Å². The van der Waals surface area contributed by atoms with Gasteiger partial charge in [-0.05, 0) is 41.5 Å². The highest BCUT2D eigenvalue weighted by Gasteiger charge is 2.56. The van der Waals surface area contributed by atoms with E-state index in [0.29, 0.717) is 0 Å². The summed E-state index contributed by atoms with van der Waals surface area (Å²) in [6, 6.07) is 0. The molecule has 0 atom stereocenters. The van der Waals surface area contributed by atoms with Crippen LogP contribution in [0.4, 0.5) is 0 Å². The minimum absolute atomic E-state index is 0.0311. The van der Waals surface area contributed by atoms with Gasteiger partial charge in [0.2, 0.25) is 0 Å². The summed E-state index contributed by atoms with van der Waals surface area (Å²) < 4.78 is 19.8. The van der Waals surface area contributed by atoms with Gasteiger partial charge >= 0.3 is 23.9 Å². The quantitative estimate of drug-likeness (QED) is 0.329. The third-order valence-corrected chi connectivity index (χ3v) is 3.61. The molecule has 0 aromatic carbocycles. The van der Waals surface area contributed by atoms with E-state index >= 15 is 0 Å². The second kappa shape index (κ2) is 10.0.